The van der Waals surface area contributed by atoms with Crippen molar-refractivity contribution in [3.63, 3.8) is 0 Å². The Morgan fingerprint density at radius 3 is 2.32 bits per heavy atom. The molecule has 0 N–H and O–H groups in total. The largest absolute Gasteiger partial charge is 0.0950 e. The topological polar surface area (TPSA) is 0 Å². The average Bonchev–Trinajstić information content (AvgIpc) is 2.23. The van der Waals surface area contributed by atoms with Crippen molar-refractivity contribution in [2.75, 3.05) is 0 Å². The maximum Gasteiger partial charge on any atom is 0.0111 e. The third-order valence-corrected chi connectivity index (χ3v) is 4.96. The molecule has 0 nitrogen and oxygen atoms in total. The maximum atomic E-state index is 4.37. The van der Waals surface area contributed by atoms with E-state index in [-0.39, 0.29) is 10.8 Å². The van der Waals surface area contributed by atoms with Crippen molar-refractivity contribution < 1.29 is 0 Å². The molecule has 1 fully saturated rings. The summed E-state index contributed by atoms with van der Waals surface area (Å²) in [6, 6.07) is 0. The predicted octanol–water partition coefficient (Wildman–Crippen LogP) is 5.69. The van der Waals surface area contributed by atoms with Crippen molar-refractivity contribution >= 4 is 0 Å². The van der Waals surface area contributed by atoms with E-state index in [9.17, 15) is 0 Å². The van der Waals surface area contributed by atoms with Gasteiger partial charge in [0.15, 0.2) is 0 Å². The van der Waals surface area contributed by atoms with Crippen LogP contribution in [0.25, 0.3) is 0 Å². The van der Waals surface area contributed by atoms with Gasteiger partial charge < -0.3 is 0 Å². The molecule has 2 unspecified atom stereocenters. The molecule has 0 heterocycles. The number of rotatable bonds is 0. The van der Waals surface area contributed by atoms with E-state index in [4.69, 9.17) is 0 Å². The van der Waals surface area contributed by atoms with Gasteiger partial charge in [-0.1, -0.05) is 65.5 Å². The van der Waals surface area contributed by atoms with Gasteiger partial charge in [-0.05, 0) is 46.8 Å². The molecular formula is C19H28. The summed E-state index contributed by atoms with van der Waals surface area (Å²) in [7, 11) is 0. The van der Waals surface area contributed by atoms with Crippen molar-refractivity contribution in [1.82, 2.24) is 0 Å². The Morgan fingerprint density at radius 2 is 1.79 bits per heavy atom. The van der Waals surface area contributed by atoms with Crippen molar-refractivity contribution in [2.24, 2.45) is 22.7 Å². The second-order valence-corrected chi connectivity index (χ2v) is 7.94. The lowest BCUT2D eigenvalue weighted by molar-refractivity contribution is 0.276. The van der Waals surface area contributed by atoms with Crippen LogP contribution in [0.4, 0.5) is 0 Å². The molecule has 0 saturated heterocycles. The van der Waals surface area contributed by atoms with Crippen LogP contribution in [0.3, 0.4) is 0 Å². The first-order chi connectivity index (χ1) is 8.55. The lowest BCUT2D eigenvalue weighted by Crippen LogP contribution is -2.35. The van der Waals surface area contributed by atoms with Crippen LogP contribution in [0.1, 0.15) is 48.0 Å². The Morgan fingerprint density at radius 1 is 1.21 bits per heavy atom. The van der Waals surface area contributed by atoms with Crippen LogP contribution in [-0.2, 0) is 0 Å². The van der Waals surface area contributed by atoms with Crippen LogP contribution in [0.15, 0.2) is 47.6 Å². The average molecular weight is 256 g/mol. The zero-order chi connectivity index (χ0) is 14.6. The lowest BCUT2D eigenvalue weighted by Gasteiger charge is -2.46. The summed E-state index contributed by atoms with van der Waals surface area (Å²) in [4.78, 5) is 0. The minimum atomic E-state index is 0.183. The summed E-state index contributed by atoms with van der Waals surface area (Å²) in [6.07, 6.45) is 5.95. The molecule has 2 rings (SSSR count). The van der Waals surface area contributed by atoms with Crippen LogP contribution in [0.2, 0.25) is 0 Å². The fourth-order valence-corrected chi connectivity index (χ4v) is 3.83. The van der Waals surface area contributed by atoms with Crippen LogP contribution < -0.4 is 0 Å². The lowest BCUT2D eigenvalue weighted by atomic mass is 9.58. The first-order valence-electron chi connectivity index (χ1n) is 7.33. The molecular weight excluding hydrogens is 228 g/mol. The van der Waals surface area contributed by atoms with Gasteiger partial charge in [-0.15, -0.1) is 0 Å². The minimum absolute atomic E-state index is 0.183. The Hall–Kier alpha value is -1.04. The summed E-state index contributed by atoms with van der Waals surface area (Å²) in [6.45, 7) is 22.4. The summed E-state index contributed by atoms with van der Waals surface area (Å²) >= 11 is 0. The summed E-state index contributed by atoms with van der Waals surface area (Å²) in [5.41, 5.74) is 5.87. The third-order valence-electron chi connectivity index (χ3n) is 4.96. The van der Waals surface area contributed by atoms with Gasteiger partial charge in [0, 0.05) is 5.92 Å². The van der Waals surface area contributed by atoms with Gasteiger partial charge >= 0.3 is 0 Å². The van der Waals surface area contributed by atoms with Gasteiger partial charge in [-0.2, -0.15) is 0 Å². The van der Waals surface area contributed by atoms with Crippen LogP contribution in [0, 0.1) is 22.7 Å². The Balaban J connectivity index is 2.47. The molecule has 2 aliphatic carbocycles. The quantitative estimate of drug-likeness (QED) is 0.522. The number of hydrogen-bond acceptors (Lipinski definition) is 0. The van der Waals surface area contributed by atoms with E-state index in [1.807, 2.05) is 0 Å². The van der Waals surface area contributed by atoms with E-state index in [0.29, 0.717) is 11.8 Å². The smallest absolute Gasteiger partial charge is 0.0111 e. The molecule has 0 aromatic carbocycles. The van der Waals surface area contributed by atoms with Gasteiger partial charge in [0.1, 0.15) is 0 Å². The maximum absolute atomic E-state index is 4.37. The van der Waals surface area contributed by atoms with Gasteiger partial charge in [0.2, 0.25) is 0 Å². The number of hydrogen-bond donors (Lipinski definition) is 0. The molecule has 2 aliphatic rings. The SMILES string of the molecule is C=C1C(=C)C(C)(C)CC2C=CC(C(C)(C)C)=C(C)C12. The highest BCUT2D eigenvalue weighted by Gasteiger charge is 2.41. The van der Waals surface area contributed by atoms with Gasteiger partial charge in [-0.25, -0.2) is 0 Å². The fraction of sp³-hybridized carbons (Fsp3) is 0.579. The first-order valence-corrected chi connectivity index (χ1v) is 7.33. The molecule has 1 saturated carbocycles. The van der Waals surface area contributed by atoms with Crippen molar-refractivity contribution in [2.45, 2.75) is 48.0 Å². The molecule has 0 heteroatoms. The summed E-state index contributed by atoms with van der Waals surface area (Å²) in [5.74, 6) is 1.07. The highest BCUT2D eigenvalue weighted by molar-refractivity contribution is 5.48. The zero-order valence-corrected chi connectivity index (χ0v) is 13.4. The third kappa shape index (κ3) is 2.26. The second-order valence-electron chi connectivity index (χ2n) is 7.94. The summed E-state index contributed by atoms with van der Waals surface area (Å²) in [5, 5.41) is 0. The number of allylic oxidation sites excluding steroid dienone is 6. The molecule has 0 spiro atoms. The number of fused-ring (bicyclic) bond motifs is 1. The fourth-order valence-electron chi connectivity index (χ4n) is 3.83. The van der Waals surface area contributed by atoms with Crippen molar-refractivity contribution in [3.05, 3.63) is 47.6 Å². The molecule has 104 valence electrons. The standard InChI is InChI=1S/C19H28/c1-12-14(3)19(7,8)11-15-9-10-16(18(4,5)6)13(2)17(12)15/h9-10,15,17H,1,3,11H2,2,4-8H3. The minimum Gasteiger partial charge on any atom is -0.0950 e. The second kappa shape index (κ2) is 4.23. The van der Waals surface area contributed by atoms with E-state index in [1.54, 1.807) is 0 Å². The monoisotopic (exact) mass is 256 g/mol. The highest BCUT2D eigenvalue weighted by atomic mass is 14.5. The van der Waals surface area contributed by atoms with E-state index in [1.165, 1.54) is 28.7 Å². The molecule has 0 bridgehead atoms. The molecule has 0 radical (unpaired) electrons. The van der Waals surface area contributed by atoms with Crippen LogP contribution in [-0.4, -0.2) is 0 Å². The van der Waals surface area contributed by atoms with Crippen LogP contribution >= 0.6 is 0 Å². The van der Waals surface area contributed by atoms with E-state index in [2.05, 4.69) is 66.9 Å². The van der Waals surface area contributed by atoms with Crippen molar-refractivity contribution in [1.29, 1.82) is 0 Å². The Kier molecular flexibility index (Phi) is 3.20. The van der Waals surface area contributed by atoms with Gasteiger partial charge in [0.25, 0.3) is 0 Å². The molecule has 2 atom stereocenters. The van der Waals surface area contributed by atoms with E-state index < -0.39 is 0 Å². The Bertz CT molecular complexity index is 489. The normalized spacial score (nSPS) is 30.6. The zero-order valence-electron chi connectivity index (χ0n) is 13.4. The summed E-state index contributed by atoms with van der Waals surface area (Å²) < 4.78 is 0. The molecule has 19 heavy (non-hydrogen) atoms. The molecule has 0 aromatic heterocycles. The molecule has 0 aliphatic heterocycles. The van der Waals surface area contributed by atoms with Crippen LogP contribution in [0.5, 0.6) is 0 Å². The highest BCUT2D eigenvalue weighted by Crippen LogP contribution is 2.53. The predicted molar refractivity (Wildman–Crippen MR) is 85.0 cm³/mol. The first kappa shape index (κ1) is 14.4. The van der Waals surface area contributed by atoms with E-state index >= 15 is 0 Å². The Labute approximate surface area is 119 Å². The van der Waals surface area contributed by atoms with Gasteiger partial charge in [-0.3, -0.25) is 0 Å². The van der Waals surface area contributed by atoms with E-state index in [0.717, 1.165) is 0 Å². The molecule has 0 amide bonds. The molecule has 0 aromatic rings. The van der Waals surface area contributed by atoms with Crippen molar-refractivity contribution in [3.8, 4) is 0 Å². The van der Waals surface area contributed by atoms with Gasteiger partial charge in [0.05, 0.1) is 0 Å².